The fourth-order valence-corrected chi connectivity index (χ4v) is 5.64. The SMILES string of the molecule is COc1ccc(-c2nc(C(=O)N3CCN(S(=O)(=O)c4ccc(Cl)cc4)CC3)cs2)cc1. The summed E-state index contributed by atoms with van der Waals surface area (Å²) in [6.45, 7) is 1.07. The second kappa shape index (κ2) is 8.96. The van der Waals surface area contributed by atoms with E-state index in [0.717, 1.165) is 16.3 Å². The van der Waals surface area contributed by atoms with Crippen molar-refractivity contribution in [3.63, 3.8) is 0 Å². The zero-order valence-electron chi connectivity index (χ0n) is 16.7. The summed E-state index contributed by atoms with van der Waals surface area (Å²) in [6.07, 6.45) is 0. The topological polar surface area (TPSA) is 79.8 Å². The molecule has 0 saturated carbocycles. The Hall–Kier alpha value is -2.46. The number of piperazine rings is 1. The number of nitrogens with zero attached hydrogens (tertiary/aromatic N) is 3. The van der Waals surface area contributed by atoms with Crippen molar-refractivity contribution >= 4 is 38.9 Å². The summed E-state index contributed by atoms with van der Waals surface area (Å²) >= 11 is 7.25. The third-order valence-corrected chi connectivity index (χ3v) is 8.09. The van der Waals surface area contributed by atoms with Gasteiger partial charge < -0.3 is 9.64 Å². The summed E-state index contributed by atoms with van der Waals surface area (Å²) in [7, 11) is -2.01. The van der Waals surface area contributed by atoms with Gasteiger partial charge in [-0.1, -0.05) is 11.6 Å². The first-order chi connectivity index (χ1) is 14.9. The number of carbonyl (C=O) groups excluding carboxylic acids is 1. The van der Waals surface area contributed by atoms with Gasteiger partial charge in [-0.2, -0.15) is 4.31 Å². The number of thiazole rings is 1. The predicted octanol–water partition coefficient (Wildman–Crippen LogP) is 3.62. The Labute approximate surface area is 189 Å². The zero-order chi connectivity index (χ0) is 22.0. The molecule has 1 saturated heterocycles. The minimum atomic E-state index is -3.62. The van der Waals surface area contributed by atoms with E-state index in [1.54, 1.807) is 29.5 Å². The lowest BCUT2D eigenvalue weighted by Crippen LogP contribution is -2.50. The Kier molecular flexibility index (Phi) is 6.29. The van der Waals surface area contributed by atoms with Gasteiger partial charge in [0.2, 0.25) is 10.0 Å². The number of amides is 1. The summed E-state index contributed by atoms with van der Waals surface area (Å²) in [4.78, 5) is 19.2. The van der Waals surface area contributed by atoms with Crippen LogP contribution in [0, 0.1) is 0 Å². The fraction of sp³-hybridized carbons (Fsp3) is 0.238. The van der Waals surface area contributed by atoms with E-state index < -0.39 is 10.0 Å². The van der Waals surface area contributed by atoms with Crippen LogP contribution in [0.1, 0.15) is 10.5 Å². The van der Waals surface area contributed by atoms with Crippen LogP contribution in [0.5, 0.6) is 5.75 Å². The highest BCUT2D eigenvalue weighted by molar-refractivity contribution is 7.89. The lowest BCUT2D eigenvalue weighted by Gasteiger charge is -2.33. The standard InChI is InChI=1S/C21H20ClN3O4S2/c1-29-17-6-2-15(3-7-17)20-23-19(14-30-20)21(26)24-10-12-25(13-11-24)31(27,28)18-8-4-16(22)5-9-18/h2-9,14H,10-13H2,1H3. The highest BCUT2D eigenvalue weighted by atomic mass is 35.5. The molecule has 0 bridgehead atoms. The fourth-order valence-electron chi connectivity index (χ4n) is 3.29. The van der Waals surface area contributed by atoms with Crippen molar-refractivity contribution in [1.82, 2.24) is 14.2 Å². The minimum absolute atomic E-state index is 0.195. The number of benzene rings is 2. The molecule has 7 nitrogen and oxygen atoms in total. The number of hydrogen-bond donors (Lipinski definition) is 0. The molecule has 31 heavy (non-hydrogen) atoms. The maximum absolute atomic E-state index is 12.9. The number of aromatic nitrogens is 1. The number of halogens is 1. The van der Waals surface area contributed by atoms with Crippen LogP contribution in [0.3, 0.4) is 0 Å². The monoisotopic (exact) mass is 477 g/mol. The van der Waals surface area contributed by atoms with Crippen LogP contribution in [-0.4, -0.2) is 61.8 Å². The summed E-state index contributed by atoms with van der Waals surface area (Å²) < 4.78 is 32.2. The normalized spacial score (nSPS) is 15.1. The third kappa shape index (κ3) is 4.59. The van der Waals surface area contributed by atoms with Gasteiger partial charge in [0.25, 0.3) is 5.91 Å². The first-order valence-corrected chi connectivity index (χ1v) is 12.2. The van der Waals surface area contributed by atoms with Crippen molar-refractivity contribution < 1.29 is 17.9 Å². The quantitative estimate of drug-likeness (QED) is 0.560. The molecule has 0 unspecified atom stereocenters. The van der Waals surface area contributed by atoms with Crippen molar-refractivity contribution in [2.45, 2.75) is 4.90 Å². The van der Waals surface area contributed by atoms with Crippen LogP contribution in [0.4, 0.5) is 0 Å². The molecular formula is C21H20ClN3O4S2. The third-order valence-electron chi connectivity index (χ3n) is 5.04. The van der Waals surface area contributed by atoms with Crippen LogP contribution in [-0.2, 0) is 10.0 Å². The Morgan fingerprint density at radius 3 is 2.29 bits per heavy atom. The van der Waals surface area contributed by atoms with Gasteiger partial charge in [0.05, 0.1) is 12.0 Å². The summed E-state index contributed by atoms with van der Waals surface area (Å²) in [5, 5.41) is 2.96. The van der Waals surface area contributed by atoms with E-state index in [1.165, 1.54) is 27.8 Å². The number of methoxy groups -OCH3 is 1. The average molecular weight is 478 g/mol. The largest absolute Gasteiger partial charge is 0.497 e. The number of sulfonamides is 1. The Bertz CT molecular complexity index is 1170. The van der Waals surface area contributed by atoms with E-state index >= 15 is 0 Å². The number of ether oxygens (including phenoxy) is 1. The van der Waals surface area contributed by atoms with E-state index in [0.29, 0.717) is 23.8 Å². The Balaban J connectivity index is 1.41. The molecule has 2 aromatic carbocycles. The summed E-state index contributed by atoms with van der Waals surface area (Å²) in [5.74, 6) is 0.558. The molecule has 1 fully saturated rings. The molecule has 1 aliphatic heterocycles. The van der Waals surface area contributed by atoms with Gasteiger partial charge in [-0.3, -0.25) is 4.79 Å². The molecule has 3 aromatic rings. The number of rotatable bonds is 5. The van der Waals surface area contributed by atoms with E-state index in [-0.39, 0.29) is 23.9 Å². The van der Waals surface area contributed by atoms with Crippen molar-refractivity contribution in [2.24, 2.45) is 0 Å². The lowest BCUT2D eigenvalue weighted by molar-refractivity contribution is 0.0693. The molecule has 0 spiro atoms. The van der Waals surface area contributed by atoms with Crippen molar-refractivity contribution in [2.75, 3.05) is 33.3 Å². The Morgan fingerprint density at radius 2 is 1.68 bits per heavy atom. The highest BCUT2D eigenvalue weighted by Crippen LogP contribution is 2.27. The first kappa shape index (κ1) is 21.8. The number of carbonyl (C=O) groups is 1. The van der Waals surface area contributed by atoms with Gasteiger partial charge in [0, 0.05) is 42.1 Å². The zero-order valence-corrected chi connectivity index (χ0v) is 19.1. The first-order valence-electron chi connectivity index (χ1n) is 9.53. The van der Waals surface area contributed by atoms with Gasteiger partial charge in [-0.25, -0.2) is 13.4 Å². The highest BCUT2D eigenvalue weighted by Gasteiger charge is 2.31. The maximum atomic E-state index is 12.9. The molecule has 2 heterocycles. The van der Waals surface area contributed by atoms with Gasteiger partial charge in [0.15, 0.2) is 0 Å². The second-order valence-electron chi connectivity index (χ2n) is 6.92. The molecule has 4 rings (SSSR count). The molecule has 1 amide bonds. The van der Waals surface area contributed by atoms with E-state index in [9.17, 15) is 13.2 Å². The van der Waals surface area contributed by atoms with Crippen LogP contribution in [0.2, 0.25) is 5.02 Å². The van der Waals surface area contributed by atoms with Crippen LogP contribution in [0.25, 0.3) is 10.6 Å². The molecular weight excluding hydrogens is 458 g/mol. The summed E-state index contributed by atoms with van der Waals surface area (Å²) in [6, 6.07) is 13.6. The second-order valence-corrected chi connectivity index (χ2v) is 10.1. The smallest absolute Gasteiger partial charge is 0.273 e. The molecule has 0 atom stereocenters. The molecule has 0 aliphatic carbocycles. The minimum Gasteiger partial charge on any atom is -0.497 e. The van der Waals surface area contributed by atoms with Crippen molar-refractivity contribution in [3.8, 4) is 16.3 Å². The lowest BCUT2D eigenvalue weighted by atomic mass is 10.2. The van der Waals surface area contributed by atoms with E-state index in [2.05, 4.69) is 4.98 Å². The van der Waals surface area contributed by atoms with Crippen LogP contribution in [0.15, 0.2) is 58.8 Å². The van der Waals surface area contributed by atoms with Crippen molar-refractivity contribution in [1.29, 1.82) is 0 Å². The molecule has 162 valence electrons. The van der Waals surface area contributed by atoms with Gasteiger partial charge in [-0.05, 0) is 48.5 Å². The predicted molar refractivity (Wildman–Crippen MR) is 120 cm³/mol. The van der Waals surface area contributed by atoms with Crippen molar-refractivity contribution in [3.05, 3.63) is 64.6 Å². The van der Waals surface area contributed by atoms with Gasteiger partial charge >= 0.3 is 0 Å². The van der Waals surface area contributed by atoms with Gasteiger partial charge in [0.1, 0.15) is 16.5 Å². The molecule has 0 radical (unpaired) electrons. The van der Waals surface area contributed by atoms with Crippen LogP contribution < -0.4 is 4.74 Å². The van der Waals surface area contributed by atoms with E-state index in [4.69, 9.17) is 16.3 Å². The maximum Gasteiger partial charge on any atom is 0.273 e. The van der Waals surface area contributed by atoms with Crippen LogP contribution >= 0.6 is 22.9 Å². The van der Waals surface area contributed by atoms with Gasteiger partial charge in [-0.15, -0.1) is 11.3 Å². The number of hydrogen-bond acceptors (Lipinski definition) is 6. The molecule has 1 aliphatic rings. The molecule has 0 N–H and O–H groups in total. The molecule has 1 aromatic heterocycles. The Morgan fingerprint density at radius 1 is 1.03 bits per heavy atom. The average Bonchev–Trinajstić information content (AvgIpc) is 3.29. The van der Waals surface area contributed by atoms with E-state index in [1.807, 2.05) is 24.3 Å². The molecule has 10 heteroatoms. The summed E-state index contributed by atoms with van der Waals surface area (Å²) in [5.41, 5.74) is 1.27.